The third-order valence-electron chi connectivity index (χ3n) is 5.58. The van der Waals surface area contributed by atoms with Crippen LogP contribution in [-0.2, 0) is 19.1 Å². The van der Waals surface area contributed by atoms with Crippen molar-refractivity contribution < 1.29 is 29.0 Å². The van der Waals surface area contributed by atoms with Crippen molar-refractivity contribution in [2.75, 3.05) is 6.61 Å². The minimum absolute atomic E-state index is 0.0195. The molecule has 0 saturated heterocycles. The van der Waals surface area contributed by atoms with Crippen LogP contribution in [-0.4, -0.2) is 53.2 Å². The number of alkyl carbamates (subject to hydrolysis) is 1. The molecule has 2 unspecified atom stereocenters. The molecule has 2 aromatic rings. The van der Waals surface area contributed by atoms with Gasteiger partial charge in [0, 0.05) is 11.5 Å². The van der Waals surface area contributed by atoms with Crippen molar-refractivity contribution >= 4 is 23.9 Å². The molecule has 0 bridgehead atoms. The van der Waals surface area contributed by atoms with Crippen molar-refractivity contribution in [3.63, 3.8) is 0 Å². The van der Waals surface area contributed by atoms with Gasteiger partial charge < -0.3 is 25.8 Å². The van der Waals surface area contributed by atoms with Crippen LogP contribution in [0.5, 0.6) is 0 Å². The lowest BCUT2D eigenvalue weighted by molar-refractivity contribution is -0.140. The Labute approximate surface area is 204 Å². The van der Waals surface area contributed by atoms with Gasteiger partial charge in [-0.1, -0.05) is 48.5 Å². The molecule has 35 heavy (non-hydrogen) atoms. The van der Waals surface area contributed by atoms with E-state index >= 15 is 0 Å². The zero-order valence-corrected chi connectivity index (χ0v) is 20.3. The van der Waals surface area contributed by atoms with Gasteiger partial charge in [-0.3, -0.25) is 14.4 Å². The number of benzene rings is 2. The van der Waals surface area contributed by atoms with E-state index in [0.29, 0.717) is 0 Å². The van der Waals surface area contributed by atoms with E-state index in [2.05, 4.69) is 16.0 Å². The smallest absolute Gasteiger partial charge is 0.407 e. The highest BCUT2D eigenvalue weighted by atomic mass is 16.5. The molecule has 0 radical (unpaired) electrons. The number of rotatable bonds is 8. The second-order valence-corrected chi connectivity index (χ2v) is 9.59. The van der Waals surface area contributed by atoms with Gasteiger partial charge in [0.1, 0.15) is 18.7 Å². The van der Waals surface area contributed by atoms with Crippen LogP contribution in [0, 0.1) is 0 Å². The van der Waals surface area contributed by atoms with Crippen LogP contribution in [0.25, 0.3) is 11.1 Å². The Balaban J connectivity index is 1.63. The number of carbonyl (C=O) groups excluding carboxylic acids is 3. The van der Waals surface area contributed by atoms with E-state index in [1.165, 1.54) is 6.92 Å². The molecule has 0 heterocycles. The predicted molar refractivity (Wildman–Crippen MR) is 130 cm³/mol. The van der Waals surface area contributed by atoms with Crippen LogP contribution >= 0.6 is 0 Å². The van der Waals surface area contributed by atoms with E-state index in [4.69, 9.17) is 4.74 Å². The summed E-state index contributed by atoms with van der Waals surface area (Å²) in [7, 11) is 0. The number of aliphatic carboxylic acids is 1. The van der Waals surface area contributed by atoms with Gasteiger partial charge in [0.15, 0.2) is 0 Å². The van der Waals surface area contributed by atoms with Gasteiger partial charge in [-0.2, -0.15) is 0 Å². The molecule has 9 nitrogen and oxygen atoms in total. The number of ether oxygens (including phenoxy) is 1. The molecule has 0 spiro atoms. The highest BCUT2D eigenvalue weighted by molar-refractivity contribution is 5.93. The van der Waals surface area contributed by atoms with Gasteiger partial charge >= 0.3 is 12.1 Å². The minimum atomic E-state index is -1.41. The van der Waals surface area contributed by atoms with E-state index in [1.54, 1.807) is 20.8 Å². The molecule has 3 amide bonds. The Morgan fingerprint density at radius 3 is 1.97 bits per heavy atom. The first-order chi connectivity index (χ1) is 16.5. The number of nitrogens with one attached hydrogen (secondary N) is 3. The van der Waals surface area contributed by atoms with Crippen molar-refractivity contribution in [2.24, 2.45) is 0 Å². The summed E-state index contributed by atoms with van der Waals surface area (Å²) in [6.45, 7) is 6.89. The summed E-state index contributed by atoms with van der Waals surface area (Å²) in [5.74, 6) is -2.68. The van der Waals surface area contributed by atoms with E-state index < -0.39 is 47.9 Å². The summed E-state index contributed by atoms with van der Waals surface area (Å²) in [6.07, 6.45) is -1.58. The quantitative estimate of drug-likeness (QED) is 0.458. The van der Waals surface area contributed by atoms with Gasteiger partial charge in [-0.15, -0.1) is 0 Å². The maximum Gasteiger partial charge on any atom is 0.407 e. The number of carboxylic acids is 1. The number of fused-ring (bicyclic) bond motifs is 3. The second kappa shape index (κ2) is 10.6. The fourth-order valence-corrected chi connectivity index (χ4v) is 4.02. The summed E-state index contributed by atoms with van der Waals surface area (Å²) >= 11 is 0. The SMILES string of the molecule is CC(NC(=O)C(CC(=O)O)NC(=O)OCC1c2ccccc2-c2ccccc21)C(=O)NC(C)(C)C. The normalized spacial score (nSPS) is 14.2. The summed E-state index contributed by atoms with van der Waals surface area (Å²) in [4.78, 5) is 48.8. The van der Waals surface area contributed by atoms with E-state index in [-0.39, 0.29) is 12.5 Å². The lowest BCUT2D eigenvalue weighted by Gasteiger charge is -2.25. The third-order valence-corrected chi connectivity index (χ3v) is 5.58. The molecular weight excluding hydrogens is 450 g/mol. The fraction of sp³-hybridized carbons (Fsp3) is 0.385. The Morgan fingerprint density at radius 2 is 1.46 bits per heavy atom. The van der Waals surface area contributed by atoms with Crippen LogP contribution in [0.4, 0.5) is 4.79 Å². The molecule has 0 saturated carbocycles. The molecule has 2 atom stereocenters. The molecule has 2 aromatic carbocycles. The first kappa shape index (κ1) is 25.7. The lowest BCUT2D eigenvalue weighted by atomic mass is 9.98. The molecule has 1 aliphatic rings. The van der Waals surface area contributed by atoms with Gasteiger partial charge in [0.2, 0.25) is 11.8 Å². The Bertz CT molecular complexity index is 1080. The number of carbonyl (C=O) groups is 4. The molecule has 0 fully saturated rings. The number of amides is 3. The fourth-order valence-electron chi connectivity index (χ4n) is 4.02. The molecule has 4 N–H and O–H groups in total. The average molecular weight is 482 g/mol. The third kappa shape index (κ3) is 6.59. The molecule has 0 aromatic heterocycles. The second-order valence-electron chi connectivity index (χ2n) is 9.59. The van der Waals surface area contributed by atoms with Gasteiger partial charge in [0.05, 0.1) is 6.42 Å². The van der Waals surface area contributed by atoms with Crippen molar-refractivity contribution in [1.82, 2.24) is 16.0 Å². The Hall–Kier alpha value is -3.88. The zero-order valence-electron chi connectivity index (χ0n) is 20.3. The monoisotopic (exact) mass is 481 g/mol. The predicted octanol–water partition coefficient (Wildman–Crippen LogP) is 2.79. The number of hydrogen-bond acceptors (Lipinski definition) is 5. The summed E-state index contributed by atoms with van der Waals surface area (Å²) < 4.78 is 5.42. The van der Waals surface area contributed by atoms with Crippen molar-refractivity contribution in [3.05, 3.63) is 59.7 Å². The highest BCUT2D eigenvalue weighted by Crippen LogP contribution is 2.44. The van der Waals surface area contributed by atoms with Crippen molar-refractivity contribution in [1.29, 1.82) is 0 Å². The Kier molecular flexibility index (Phi) is 7.78. The average Bonchev–Trinajstić information content (AvgIpc) is 3.09. The number of hydrogen-bond donors (Lipinski definition) is 4. The molecule has 1 aliphatic carbocycles. The summed E-state index contributed by atoms with van der Waals surface area (Å²) in [6, 6.07) is 13.4. The molecule has 3 rings (SSSR count). The molecular formula is C26H31N3O6. The largest absolute Gasteiger partial charge is 0.481 e. The van der Waals surface area contributed by atoms with Crippen molar-refractivity contribution in [3.8, 4) is 11.1 Å². The lowest BCUT2D eigenvalue weighted by Crippen LogP contribution is -2.55. The van der Waals surface area contributed by atoms with Crippen LogP contribution in [0.1, 0.15) is 51.2 Å². The Morgan fingerprint density at radius 1 is 0.914 bits per heavy atom. The van der Waals surface area contributed by atoms with Crippen LogP contribution in [0.2, 0.25) is 0 Å². The molecule has 0 aliphatic heterocycles. The first-order valence-corrected chi connectivity index (χ1v) is 11.4. The standard InChI is InChI=1S/C26H31N3O6/c1-15(23(32)29-26(2,3)4)27-24(33)21(13-22(30)31)28-25(34)35-14-20-18-11-7-5-9-16(18)17-10-6-8-12-19(17)20/h5-12,15,20-21H,13-14H2,1-4H3,(H,27,33)(H,28,34)(H,29,32)(H,30,31). The van der Waals surface area contributed by atoms with E-state index in [0.717, 1.165) is 22.3 Å². The van der Waals surface area contributed by atoms with Gasteiger partial charge in [-0.25, -0.2) is 4.79 Å². The van der Waals surface area contributed by atoms with Crippen LogP contribution in [0.3, 0.4) is 0 Å². The first-order valence-electron chi connectivity index (χ1n) is 11.4. The minimum Gasteiger partial charge on any atom is -0.481 e. The zero-order chi connectivity index (χ0) is 25.8. The maximum absolute atomic E-state index is 12.7. The van der Waals surface area contributed by atoms with Crippen molar-refractivity contribution in [2.45, 2.75) is 57.7 Å². The summed E-state index contributed by atoms with van der Waals surface area (Å²) in [5, 5.41) is 16.7. The maximum atomic E-state index is 12.7. The van der Waals surface area contributed by atoms with E-state index in [1.807, 2.05) is 48.5 Å². The van der Waals surface area contributed by atoms with Gasteiger partial charge in [-0.05, 0) is 49.9 Å². The summed E-state index contributed by atoms with van der Waals surface area (Å²) in [5.41, 5.74) is 3.70. The number of carboxylic acid groups (broad SMARTS) is 1. The van der Waals surface area contributed by atoms with Crippen LogP contribution < -0.4 is 16.0 Å². The highest BCUT2D eigenvalue weighted by Gasteiger charge is 2.31. The van der Waals surface area contributed by atoms with Gasteiger partial charge in [0.25, 0.3) is 0 Å². The van der Waals surface area contributed by atoms with Crippen LogP contribution in [0.15, 0.2) is 48.5 Å². The van der Waals surface area contributed by atoms with E-state index in [9.17, 15) is 24.3 Å². The molecule has 9 heteroatoms. The topological polar surface area (TPSA) is 134 Å². The molecule has 186 valence electrons.